The Kier molecular flexibility index (Phi) is 8.24. The van der Waals surface area contributed by atoms with E-state index in [1.807, 2.05) is 48.5 Å². The van der Waals surface area contributed by atoms with Crippen molar-refractivity contribution in [3.63, 3.8) is 0 Å². The Hall–Kier alpha value is -2.62. The topological polar surface area (TPSA) is 52.6 Å². The monoisotopic (exact) mass is 382 g/mol. The summed E-state index contributed by atoms with van der Waals surface area (Å²) in [5.41, 5.74) is 2.48. The number of hydrogen-bond donors (Lipinski definition) is 0. The standard InChI is InChI=1S/C24H30O4/c1-5-23(25)27-21-13-9-19(10-14-21)17(3)7-8-18(4)20-11-15-22(16-12-20)28-24(26)6-2/h9-18H,5-8H2,1-4H3/t17-,18+. The van der Waals surface area contributed by atoms with Crippen LogP contribution in [0.5, 0.6) is 11.5 Å². The quantitative estimate of drug-likeness (QED) is 0.394. The Morgan fingerprint density at radius 2 is 1.00 bits per heavy atom. The first-order chi connectivity index (χ1) is 13.4. The van der Waals surface area contributed by atoms with Crippen molar-refractivity contribution in [2.45, 2.75) is 65.2 Å². The van der Waals surface area contributed by atoms with Crippen LogP contribution in [-0.4, -0.2) is 11.9 Å². The van der Waals surface area contributed by atoms with Gasteiger partial charge in [0.25, 0.3) is 0 Å². The van der Waals surface area contributed by atoms with Gasteiger partial charge in [0.05, 0.1) is 0 Å². The van der Waals surface area contributed by atoms with Crippen molar-refractivity contribution in [2.24, 2.45) is 0 Å². The second-order valence-electron chi connectivity index (χ2n) is 7.17. The zero-order valence-electron chi connectivity index (χ0n) is 17.2. The molecule has 0 amide bonds. The van der Waals surface area contributed by atoms with Gasteiger partial charge in [-0.25, -0.2) is 0 Å². The Balaban J connectivity index is 1.86. The second-order valence-corrected chi connectivity index (χ2v) is 7.17. The molecule has 2 aromatic rings. The lowest BCUT2D eigenvalue weighted by Gasteiger charge is -2.17. The first-order valence-electron chi connectivity index (χ1n) is 10.0. The first kappa shape index (κ1) is 21.7. The average Bonchev–Trinajstić information content (AvgIpc) is 2.72. The molecular weight excluding hydrogens is 352 g/mol. The van der Waals surface area contributed by atoms with E-state index in [4.69, 9.17) is 9.47 Å². The van der Waals surface area contributed by atoms with E-state index in [1.165, 1.54) is 11.1 Å². The van der Waals surface area contributed by atoms with Gasteiger partial charge in [-0.05, 0) is 60.1 Å². The van der Waals surface area contributed by atoms with Crippen molar-refractivity contribution < 1.29 is 19.1 Å². The summed E-state index contributed by atoms with van der Waals surface area (Å²) < 4.78 is 10.4. The van der Waals surface area contributed by atoms with E-state index in [0.717, 1.165) is 12.8 Å². The van der Waals surface area contributed by atoms with Gasteiger partial charge in [0.15, 0.2) is 0 Å². The summed E-state index contributed by atoms with van der Waals surface area (Å²) in [6, 6.07) is 15.6. The van der Waals surface area contributed by atoms with Crippen molar-refractivity contribution >= 4 is 11.9 Å². The van der Waals surface area contributed by atoms with Crippen LogP contribution in [0, 0.1) is 0 Å². The van der Waals surface area contributed by atoms with Crippen LogP contribution >= 0.6 is 0 Å². The molecule has 0 fully saturated rings. The maximum Gasteiger partial charge on any atom is 0.310 e. The minimum Gasteiger partial charge on any atom is -0.427 e. The van der Waals surface area contributed by atoms with Crippen LogP contribution in [0.15, 0.2) is 48.5 Å². The van der Waals surface area contributed by atoms with Gasteiger partial charge in [0.2, 0.25) is 0 Å². The van der Waals surface area contributed by atoms with Crippen LogP contribution in [0.3, 0.4) is 0 Å². The molecule has 0 N–H and O–H groups in total. The maximum atomic E-state index is 11.4. The number of hydrogen-bond acceptors (Lipinski definition) is 4. The van der Waals surface area contributed by atoms with Crippen LogP contribution in [0.4, 0.5) is 0 Å². The summed E-state index contributed by atoms with van der Waals surface area (Å²) in [6.07, 6.45) is 2.86. The molecule has 0 saturated carbocycles. The highest BCUT2D eigenvalue weighted by molar-refractivity contribution is 5.72. The van der Waals surface area contributed by atoms with Crippen molar-refractivity contribution in [1.82, 2.24) is 0 Å². The molecule has 0 unspecified atom stereocenters. The summed E-state index contributed by atoms with van der Waals surface area (Å²) in [6.45, 7) is 8.00. The number of rotatable bonds is 9. The largest absolute Gasteiger partial charge is 0.427 e. The zero-order valence-corrected chi connectivity index (χ0v) is 17.2. The van der Waals surface area contributed by atoms with E-state index in [1.54, 1.807) is 13.8 Å². The summed E-state index contributed by atoms with van der Waals surface area (Å²) in [5.74, 6) is 1.60. The fourth-order valence-electron chi connectivity index (χ4n) is 2.97. The number of esters is 2. The fourth-order valence-corrected chi connectivity index (χ4v) is 2.97. The summed E-state index contributed by atoms with van der Waals surface area (Å²) >= 11 is 0. The highest BCUT2D eigenvalue weighted by Crippen LogP contribution is 2.29. The predicted molar refractivity (Wildman–Crippen MR) is 111 cm³/mol. The van der Waals surface area contributed by atoms with E-state index >= 15 is 0 Å². The highest BCUT2D eigenvalue weighted by atomic mass is 16.5. The van der Waals surface area contributed by atoms with Crippen LogP contribution < -0.4 is 9.47 Å². The van der Waals surface area contributed by atoms with Gasteiger partial charge in [-0.15, -0.1) is 0 Å². The van der Waals surface area contributed by atoms with E-state index in [9.17, 15) is 9.59 Å². The zero-order chi connectivity index (χ0) is 20.5. The molecule has 150 valence electrons. The Labute approximate surface area is 167 Å². The molecule has 0 bridgehead atoms. The van der Waals surface area contributed by atoms with Crippen LogP contribution in [0.1, 0.15) is 76.3 Å². The van der Waals surface area contributed by atoms with Crippen molar-refractivity contribution in [2.75, 3.05) is 0 Å². The third-order valence-corrected chi connectivity index (χ3v) is 4.97. The molecule has 2 atom stereocenters. The minimum atomic E-state index is -0.217. The lowest BCUT2D eigenvalue weighted by Crippen LogP contribution is -2.06. The molecule has 2 aromatic carbocycles. The van der Waals surface area contributed by atoms with Crippen molar-refractivity contribution in [3.05, 3.63) is 59.7 Å². The summed E-state index contributed by atoms with van der Waals surface area (Å²) in [4.78, 5) is 22.7. The molecule has 0 saturated heterocycles. The molecule has 0 aromatic heterocycles. The normalized spacial score (nSPS) is 12.9. The van der Waals surface area contributed by atoms with Crippen LogP contribution in [0.2, 0.25) is 0 Å². The van der Waals surface area contributed by atoms with Gasteiger partial charge in [-0.1, -0.05) is 52.0 Å². The fraction of sp³-hybridized carbons (Fsp3) is 0.417. The molecule has 2 rings (SSSR count). The molecule has 0 aliphatic carbocycles. The number of carbonyl (C=O) groups is 2. The van der Waals surface area contributed by atoms with Crippen molar-refractivity contribution in [3.8, 4) is 11.5 Å². The number of benzene rings is 2. The number of ether oxygens (including phenoxy) is 2. The van der Waals surface area contributed by atoms with E-state index in [0.29, 0.717) is 36.2 Å². The number of carbonyl (C=O) groups excluding carboxylic acids is 2. The summed E-state index contributed by atoms with van der Waals surface area (Å²) in [7, 11) is 0. The summed E-state index contributed by atoms with van der Waals surface area (Å²) in [5, 5.41) is 0. The van der Waals surface area contributed by atoms with Gasteiger partial charge >= 0.3 is 11.9 Å². The van der Waals surface area contributed by atoms with E-state index < -0.39 is 0 Å². The Morgan fingerprint density at radius 1 is 0.679 bits per heavy atom. The molecule has 0 aliphatic rings. The average molecular weight is 383 g/mol. The molecule has 4 nitrogen and oxygen atoms in total. The molecule has 0 spiro atoms. The molecular formula is C24H30O4. The van der Waals surface area contributed by atoms with Gasteiger partial charge in [-0.2, -0.15) is 0 Å². The lowest BCUT2D eigenvalue weighted by atomic mass is 9.89. The third-order valence-electron chi connectivity index (χ3n) is 4.97. The first-order valence-corrected chi connectivity index (χ1v) is 10.0. The SMILES string of the molecule is CCC(=O)Oc1ccc([C@H](C)CC[C@H](C)c2ccc(OC(=O)CC)cc2)cc1. The van der Waals surface area contributed by atoms with E-state index in [2.05, 4.69) is 13.8 Å². The molecule has 0 aliphatic heterocycles. The predicted octanol–water partition coefficient (Wildman–Crippen LogP) is 6.00. The van der Waals surface area contributed by atoms with Gasteiger partial charge in [0, 0.05) is 12.8 Å². The minimum absolute atomic E-state index is 0.217. The van der Waals surface area contributed by atoms with Crippen LogP contribution in [0.25, 0.3) is 0 Å². The molecule has 4 heteroatoms. The molecule has 0 radical (unpaired) electrons. The van der Waals surface area contributed by atoms with Gasteiger partial charge in [0.1, 0.15) is 11.5 Å². The van der Waals surface area contributed by atoms with Crippen molar-refractivity contribution in [1.29, 1.82) is 0 Å². The van der Waals surface area contributed by atoms with Crippen LogP contribution in [-0.2, 0) is 9.59 Å². The smallest absolute Gasteiger partial charge is 0.310 e. The Bertz CT molecular complexity index is 695. The van der Waals surface area contributed by atoms with Gasteiger partial charge in [-0.3, -0.25) is 9.59 Å². The second kappa shape index (κ2) is 10.6. The molecule has 28 heavy (non-hydrogen) atoms. The lowest BCUT2D eigenvalue weighted by molar-refractivity contribution is -0.134. The van der Waals surface area contributed by atoms with E-state index in [-0.39, 0.29) is 11.9 Å². The Morgan fingerprint density at radius 3 is 1.29 bits per heavy atom. The van der Waals surface area contributed by atoms with Gasteiger partial charge < -0.3 is 9.47 Å². The maximum absolute atomic E-state index is 11.4. The highest BCUT2D eigenvalue weighted by Gasteiger charge is 2.12. The molecule has 0 heterocycles. The third kappa shape index (κ3) is 6.52.